The third-order valence-electron chi connectivity index (χ3n) is 4.17. The van der Waals surface area contributed by atoms with Crippen LogP contribution in [0.3, 0.4) is 0 Å². The van der Waals surface area contributed by atoms with E-state index in [1.807, 2.05) is 24.3 Å². The van der Waals surface area contributed by atoms with E-state index in [1.165, 1.54) is 5.56 Å². The number of ether oxygens (including phenoxy) is 3. The number of methoxy groups -OCH3 is 3. The minimum absolute atomic E-state index is 0.560. The van der Waals surface area contributed by atoms with Crippen LogP contribution in [0.5, 0.6) is 17.2 Å². The van der Waals surface area contributed by atoms with Crippen molar-refractivity contribution < 1.29 is 14.2 Å². The first-order valence-electron chi connectivity index (χ1n) is 8.07. The molecule has 24 heavy (non-hydrogen) atoms. The zero-order valence-electron chi connectivity index (χ0n) is 15.0. The van der Waals surface area contributed by atoms with Crippen molar-refractivity contribution in [3.8, 4) is 17.2 Å². The highest BCUT2D eigenvalue weighted by atomic mass is 16.5. The van der Waals surface area contributed by atoms with Crippen molar-refractivity contribution in [3.63, 3.8) is 0 Å². The van der Waals surface area contributed by atoms with Crippen molar-refractivity contribution in [3.05, 3.63) is 47.5 Å². The van der Waals surface area contributed by atoms with Crippen molar-refractivity contribution in [1.82, 2.24) is 0 Å². The van der Waals surface area contributed by atoms with Gasteiger partial charge < -0.3 is 14.2 Å². The maximum atomic E-state index is 5.43. The standard InChI is InChI=1S/C20H25NO3/c1-6-14(2)15-7-9-16(10-8-15)21-13-18-19(23-4)11-17(22-3)12-20(18)24-5/h7-14H,6H2,1-5H3. The Bertz CT molecular complexity index is 668. The molecule has 0 aliphatic carbocycles. The molecule has 0 aromatic heterocycles. The van der Waals surface area contributed by atoms with E-state index < -0.39 is 0 Å². The van der Waals surface area contributed by atoms with E-state index in [0.717, 1.165) is 17.7 Å². The Morgan fingerprint density at radius 3 is 2.00 bits per heavy atom. The SMILES string of the molecule is CCC(C)c1ccc(N=Cc2c(OC)cc(OC)cc2OC)cc1. The lowest BCUT2D eigenvalue weighted by molar-refractivity contribution is 0.374. The molecule has 0 saturated heterocycles. The molecule has 2 aromatic rings. The van der Waals surface area contributed by atoms with Crippen LogP contribution in [-0.2, 0) is 0 Å². The summed E-state index contributed by atoms with van der Waals surface area (Å²) in [6.45, 7) is 4.42. The first-order chi connectivity index (χ1) is 11.6. The summed E-state index contributed by atoms with van der Waals surface area (Å²) in [6.07, 6.45) is 2.89. The molecule has 0 aliphatic rings. The second kappa shape index (κ2) is 8.39. The van der Waals surface area contributed by atoms with Crippen LogP contribution in [0.25, 0.3) is 0 Å². The molecule has 0 aliphatic heterocycles. The predicted molar refractivity (Wildman–Crippen MR) is 98.5 cm³/mol. The van der Waals surface area contributed by atoms with Gasteiger partial charge in [-0.05, 0) is 30.0 Å². The van der Waals surface area contributed by atoms with E-state index in [9.17, 15) is 0 Å². The van der Waals surface area contributed by atoms with Gasteiger partial charge in [0.2, 0.25) is 0 Å². The van der Waals surface area contributed by atoms with Gasteiger partial charge in [-0.2, -0.15) is 0 Å². The van der Waals surface area contributed by atoms with Crippen LogP contribution in [0, 0.1) is 0 Å². The smallest absolute Gasteiger partial charge is 0.135 e. The van der Waals surface area contributed by atoms with E-state index >= 15 is 0 Å². The third kappa shape index (κ3) is 4.07. The van der Waals surface area contributed by atoms with Gasteiger partial charge in [-0.25, -0.2) is 0 Å². The molecule has 0 saturated carbocycles. The van der Waals surface area contributed by atoms with Gasteiger partial charge in [0, 0.05) is 18.3 Å². The van der Waals surface area contributed by atoms with Crippen molar-refractivity contribution in [2.24, 2.45) is 4.99 Å². The van der Waals surface area contributed by atoms with Gasteiger partial charge in [0.25, 0.3) is 0 Å². The van der Waals surface area contributed by atoms with Gasteiger partial charge in [0.1, 0.15) is 17.2 Å². The van der Waals surface area contributed by atoms with E-state index in [2.05, 4.69) is 31.0 Å². The fourth-order valence-electron chi connectivity index (χ4n) is 2.42. The first kappa shape index (κ1) is 17.9. The second-order valence-electron chi connectivity index (χ2n) is 5.60. The number of benzene rings is 2. The lowest BCUT2D eigenvalue weighted by atomic mass is 9.99. The zero-order chi connectivity index (χ0) is 17.5. The summed E-state index contributed by atoms with van der Waals surface area (Å²) in [5.74, 6) is 2.56. The molecule has 0 bridgehead atoms. The molecule has 0 spiro atoms. The van der Waals surface area contributed by atoms with Crippen LogP contribution < -0.4 is 14.2 Å². The molecule has 0 N–H and O–H groups in total. The molecule has 1 atom stereocenters. The highest BCUT2D eigenvalue weighted by Gasteiger charge is 2.11. The largest absolute Gasteiger partial charge is 0.496 e. The second-order valence-corrected chi connectivity index (χ2v) is 5.60. The minimum Gasteiger partial charge on any atom is -0.496 e. The number of nitrogens with zero attached hydrogens (tertiary/aromatic N) is 1. The molecular weight excluding hydrogens is 302 g/mol. The molecule has 4 nitrogen and oxygen atoms in total. The van der Waals surface area contributed by atoms with Crippen molar-refractivity contribution in [2.45, 2.75) is 26.2 Å². The molecule has 2 rings (SSSR count). The molecule has 2 aromatic carbocycles. The number of hydrogen-bond donors (Lipinski definition) is 0. The highest BCUT2D eigenvalue weighted by molar-refractivity contribution is 5.89. The van der Waals surface area contributed by atoms with Gasteiger partial charge in [-0.3, -0.25) is 4.99 Å². The molecule has 0 fully saturated rings. The molecule has 0 heterocycles. The van der Waals surface area contributed by atoms with Crippen LogP contribution in [-0.4, -0.2) is 27.5 Å². The van der Waals surface area contributed by atoms with Crippen LogP contribution in [0.1, 0.15) is 37.3 Å². The summed E-state index contributed by atoms with van der Waals surface area (Å²) in [7, 11) is 4.85. The Hall–Kier alpha value is -2.49. The van der Waals surface area contributed by atoms with E-state index in [-0.39, 0.29) is 0 Å². The van der Waals surface area contributed by atoms with Crippen LogP contribution >= 0.6 is 0 Å². The first-order valence-corrected chi connectivity index (χ1v) is 8.07. The highest BCUT2D eigenvalue weighted by Crippen LogP contribution is 2.33. The molecule has 0 amide bonds. The topological polar surface area (TPSA) is 40.0 Å². The summed E-state index contributed by atoms with van der Waals surface area (Å²) < 4.78 is 16.1. The monoisotopic (exact) mass is 327 g/mol. The fraction of sp³-hybridized carbons (Fsp3) is 0.350. The molecule has 1 unspecified atom stereocenters. The summed E-state index contributed by atoms with van der Waals surface area (Å²) in [6, 6.07) is 11.9. The average Bonchev–Trinajstić information content (AvgIpc) is 2.65. The van der Waals surface area contributed by atoms with Gasteiger partial charge >= 0.3 is 0 Å². The van der Waals surface area contributed by atoms with Crippen molar-refractivity contribution in [2.75, 3.05) is 21.3 Å². The van der Waals surface area contributed by atoms with Crippen molar-refractivity contribution in [1.29, 1.82) is 0 Å². The summed E-state index contributed by atoms with van der Waals surface area (Å²) in [5.41, 5.74) is 3.00. The van der Waals surface area contributed by atoms with Crippen molar-refractivity contribution >= 4 is 11.9 Å². The maximum absolute atomic E-state index is 5.43. The van der Waals surface area contributed by atoms with Crippen LogP contribution in [0.4, 0.5) is 5.69 Å². The maximum Gasteiger partial charge on any atom is 0.135 e. The summed E-state index contributed by atoms with van der Waals surface area (Å²) >= 11 is 0. The predicted octanol–water partition coefficient (Wildman–Crippen LogP) is 4.98. The fourth-order valence-corrected chi connectivity index (χ4v) is 2.42. The molecule has 0 radical (unpaired) electrons. The number of rotatable bonds is 7. The normalized spacial score (nSPS) is 12.2. The Kier molecular flexibility index (Phi) is 6.24. The Morgan fingerprint density at radius 1 is 0.958 bits per heavy atom. The third-order valence-corrected chi connectivity index (χ3v) is 4.17. The zero-order valence-corrected chi connectivity index (χ0v) is 15.0. The summed E-state index contributed by atoms with van der Waals surface area (Å²) in [5, 5.41) is 0. The average molecular weight is 327 g/mol. The lowest BCUT2D eigenvalue weighted by Crippen LogP contribution is -1.97. The summed E-state index contributed by atoms with van der Waals surface area (Å²) in [4.78, 5) is 4.55. The molecule has 4 heteroatoms. The van der Waals surface area contributed by atoms with Gasteiger partial charge in [0.15, 0.2) is 0 Å². The quantitative estimate of drug-likeness (QED) is 0.674. The molecule has 128 valence electrons. The van der Waals surface area contributed by atoms with E-state index in [1.54, 1.807) is 27.5 Å². The van der Waals surface area contributed by atoms with Crippen LogP contribution in [0.2, 0.25) is 0 Å². The Labute approximate surface area is 144 Å². The van der Waals surface area contributed by atoms with Gasteiger partial charge in [-0.1, -0.05) is 26.0 Å². The lowest BCUT2D eigenvalue weighted by Gasteiger charge is -2.12. The van der Waals surface area contributed by atoms with Gasteiger partial charge in [-0.15, -0.1) is 0 Å². The molecular formula is C20H25NO3. The van der Waals surface area contributed by atoms with E-state index in [4.69, 9.17) is 14.2 Å². The number of hydrogen-bond acceptors (Lipinski definition) is 4. The minimum atomic E-state index is 0.560. The Morgan fingerprint density at radius 2 is 1.54 bits per heavy atom. The van der Waals surface area contributed by atoms with E-state index in [0.29, 0.717) is 23.2 Å². The van der Waals surface area contributed by atoms with Crippen LogP contribution in [0.15, 0.2) is 41.4 Å². The number of aliphatic imine (C=N–C) groups is 1. The Balaban J connectivity index is 2.31. The van der Waals surface area contributed by atoms with Gasteiger partial charge in [0.05, 0.1) is 32.6 Å².